The van der Waals surface area contributed by atoms with Crippen LogP contribution in [0.15, 0.2) is 40.9 Å². The Labute approximate surface area is 103 Å². The summed E-state index contributed by atoms with van der Waals surface area (Å²) in [5.41, 5.74) is 0. The van der Waals surface area contributed by atoms with Crippen LogP contribution in [0.4, 0.5) is 4.39 Å². The van der Waals surface area contributed by atoms with Gasteiger partial charge in [0.2, 0.25) is 0 Å². The Morgan fingerprint density at radius 3 is 2.23 bits per heavy atom. The summed E-state index contributed by atoms with van der Waals surface area (Å²) in [6.07, 6.45) is 0. The van der Waals surface area contributed by atoms with Crippen molar-refractivity contribution in [3.05, 3.63) is 46.7 Å². The Balaban J connectivity index is 0. The van der Waals surface area contributed by atoms with Gasteiger partial charge < -0.3 is 2.85 Å². The molecule has 2 aromatic rings. The third-order valence-corrected chi connectivity index (χ3v) is 2.51. The monoisotopic (exact) mass is 250 g/mol. The molecule has 0 nitrogen and oxygen atoms in total. The van der Waals surface area contributed by atoms with Gasteiger partial charge in [-0.1, -0.05) is 40.2 Å². The maximum absolute atomic E-state index is 13.1. The van der Waals surface area contributed by atoms with Gasteiger partial charge in [-0.15, -0.1) is 0 Å². The molecule has 2 rings (SSSR count). The quantitative estimate of drug-likeness (QED) is 0.628. The van der Waals surface area contributed by atoms with Crippen molar-refractivity contribution < 1.29 is 7.24 Å². The molecule has 0 heterocycles. The van der Waals surface area contributed by atoms with Crippen LogP contribution in [-0.4, -0.2) is 23.1 Å². The van der Waals surface area contributed by atoms with Crippen molar-refractivity contribution in [3.63, 3.8) is 0 Å². The molecule has 64 valence electrons. The molecule has 0 aliphatic rings. The van der Waals surface area contributed by atoms with Gasteiger partial charge in [-0.3, -0.25) is 0 Å². The van der Waals surface area contributed by atoms with E-state index < -0.39 is 0 Å². The molecule has 0 aromatic heterocycles. The number of hydrogen-bond acceptors (Lipinski definition) is 0. The zero-order valence-electron chi connectivity index (χ0n) is 8.93. The average molecular weight is 251 g/mol. The molecule has 3 heteroatoms. The number of hydrogen-bond donors (Lipinski definition) is 0. The van der Waals surface area contributed by atoms with Crippen molar-refractivity contribution >= 4 is 49.8 Å². The molecule has 0 aliphatic carbocycles. The van der Waals surface area contributed by atoms with Crippen LogP contribution in [-0.2, 0) is 0 Å². The van der Waals surface area contributed by atoms with Crippen LogP contribution in [0.2, 0.25) is 0 Å². The van der Waals surface area contributed by atoms with Crippen LogP contribution in [0.3, 0.4) is 0 Å². The molecule has 0 unspecified atom stereocenters. The van der Waals surface area contributed by atoms with Crippen molar-refractivity contribution in [2.45, 2.75) is 0 Å². The second kappa shape index (κ2) is 4.40. The summed E-state index contributed by atoms with van der Waals surface area (Å²) >= 11 is 3.36. The Bertz CT molecular complexity index is 396. The molecular formula is C10H8BrFMg. The zero-order chi connectivity index (χ0) is 8.55. The zero-order valence-corrected chi connectivity index (χ0v) is 9.93. The van der Waals surface area contributed by atoms with Gasteiger partial charge in [0, 0.05) is 9.86 Å². The molecule has 13 heavy (non-hydrogen) atoms. The molecule has 0 saturated carbocycles. The smallest absolute Gasteiger partial charge is 1.00 e. The minimum Gasteiger partial charge on any atom is -1.00 e. The summed E-state index contributed by atoms with van der Waals surface area (Å²) in [7, 11) is 0. The molecule has 0 atom stereocenters. The first-order chi connectivity index (χ1) is 5.79. The third kappa shape index (κ3) is 2.03. The number of halogens is 2. The van der Waals surface area contributed by atoms with E-state index in [1.54, 1.807) is 12.1 Å². The Morgan fingerprint density at radius 2 is 1.62 bits per heavy atom. The Hall–Kier alpha value is -0.124. The van der Waals surface area contributed by atoms with Gasteiger partial charge >= 0.3 is 23.1 Å². The summed E-state index contributed by atoms with van der Waals surface area (Å²) in [6.45, 7) is 0. The number of rotatable bonds is 0. The molecule has 0 amide bonds. The van der Waals surface area contributed by atoms with Crippen molar-refractivity contribution in [3.8, 4) is 0 Å². The maximum atomic E-state index is 13.1. The van der Waals surface area contributed by atoms with Crippen LogP contribution in [0.1, 0.15) is 2.85 Å². The van der Waals surface area contributed by atoms with E-state index in [0.29, 0.717) is 5.39 Å². The molecule has 0 spiro atoms. The molecule has 0 fully saturated rings. The predicted molar refractivity (Wildman–Crippen MR) is 59.6 cm³/mol. The van der Waals surface area contributed by atoms with E-state index in [9.17, 15) is 4.39 Å². The molecular weight excluding hydrogens is 243 g/mol. The average Bonchev–Trinajstić information content (AvgIpc) is 2.12. The first kappa shape index (κ1) is 11.0. The molecule has 0 aliphatic heterocycles. The summed E-state index contributed by atoms with van der Waals surface area (Å²) in [4.78, 5) is 0. The normalized spacial score (nSPS) is 9.69. The molecule has 0 radical (unpaired) electrons. The van der Waals surface area contributed by atoms with Crippen molar-refractivity contribution in [1.82, 2.24) is 0 Å². The minimum atomic E-state index is -0.172. The largest absolute Gasteiger partial charge is 2.00 e. The van der Waals surface area contributed by atoms with E-state index in [0.717, 1.165) is 9.86 Å². The van der Waals surface area contributed by atoms with E-state index in [-0.39, 0.29) is 31.7 Å². The van der Waals surface area contributed by atoms with Crippen LogP contribution in [0.5, 0.6) is 0 Å². The van der Waals surface area contributed by atoms with Gasteiger partial charge in [-0.25, -0.2) is 4.39 Å². The fraction of sp³-hybridized carbons (Fsp3) is 0. The first-order valence-electron chi connectivity index (χ1n) is 3.62. The summed E-state index contributed by atoms with van der Waals surface area (Å²) in [5.74, 6) is -0.172. The second-order valence-corrected chi connectivity index (χ2v) is 3.43. The predicted octanol–water partition coefficient (Wildman–Crippen LogP) is 3.59. The van der Waals surface area contributed by atoms with Gasteiger partial charge in [0.1, 0.15) is 5.82 Å². The van der Waals surface area contributed by atoms with Crippen LogP contribution in [0, 0.1) is 5.82 Å². The summed E-state index contributed by atoms with van der Waals surface area (Å²) in [6, 6.07) is 10.6. The number of benzene rings is 2. The van der Waals surface area contributed by atoms with E-state index in [4.69, 9.17) is 0 Å². The standard InChI is InChI=1S/C10H6BrF.Mg.2H/c11-9-5-6-10(12)8-4-2-1-3-7(8)9;;;/h1-6H;;;/q;+2;2*-1. The third-order valence-electron chi connectivity index (χ3n) is 1.82. The molecule has 0 N–H and O–H groups in total. The van der Waals surface area contributed by atoms with Crippen LogP contribution < -0.4 is 0 Å². The fourth-order valence-electron chi connectivity index (χ4n) is 1.23. The summed E-state index contributed by atoms with van der Waals surface area (Å²) < 4.78 is 14.1. The minimum absolute atomic E-state index is 0. The van der Waals surface area contributed by atoms with Gasteiger partial charge in [-0.2, -0.15) is 0 Å². The topological polar surface area (TPSA) is 0 Å². The van der Waals surface area contributed by atoms with E-state index in [1.165, 1.54) is 6.07 Å². The molecule has 0 bridgehead atoms. The van der Waals surface area contributed by atoms with Crippen LogP contribution >= 0.6 is 15.9 Å². The number of fused-ring (bicyclic) bond motifs is 1. The SMILES string of the molecule is Fc1ccc(Br)c2ccccc12.[H-].[H-].[Mg+2]. The van der Waals surface area contributed by atoms with Gasteiger partial charge in [0.15, 0.2) is 0 Å². The molecule has 0 saturated heterocycles. The van der Waals surface area contributed by atoms with Gasteiger partial charge in [0.25, 0.3) is 0 Å². The van der Waals surface area contributed by atoms with Crippen molar-refractivity contribution in [2.75, 3.05) is 0 Å². The van der Waals surface area contributed by atoms with E-state index in [2.05, 4.69) is 15.9 Å². The molecule has 2 aromatic carbocycles. The Morgan fingerprint density at radius 1 is 1.00 bits per heavy atom. The first-order valence-corrected chi connectivity index (χ1v) is 4.41. The van der Waals surface area contributed by atoms with Crippen molar-refractivity contribution in [2.24, 2.45) is 0 Å². The van der Waals surface area contributed by atoms with E-state index >= 15 is 0 Å². The van der Waals surface area contributed by atoms with E-state index in [1.807, 2.05) is 18.2 Å². The van der Waals surface area contributed by atoms with Crippen molar-refractivity contribution in [1.29, 1.82) is 0 Å². The second-order valence-electron chi connectivity index (χ2n) is 2.57. The fourth-order valence-corrected chi connectivity index (χ4v) is 1.70. The van der Waals surface area contributed by atoms with Gasteiger partial charge in [-0.05, 0) is 17.5 Å². The Kier molecular flexibility index (Phi) is 3.70. The summed E-state index contributed by atoms with van der Waals surface area (Å²) in [5, 5.41) is 1.57. The van der Waals surface area contributed by atoms with Crippen LogP contribution in [0.25, 0.3) is 10.8 Å². The maximum Gasteiger partial charge on any atom is 2.00 e. The van der Waals surface area contributed by atoms with Gasteiger partial charge in [0.05, 0.1) is 0 Å².